The highest BCUT2D eigenvalue weighted by Crippen LogP contribution is 2.35. The molecular formula is C27H27N. The van der Waals surface area contributed by atoms with E-state index in [0.29, 0.717) is 0 Å². The quantitative estimate of drug-likeness (QED) is 0.394. The molecule has 3 aromatic rings. The van der Waals surface area contributed by atoms with Crippen molar-refractivity contribution < 1.29 is 0 Å². The molecule has 0 bridgehead atoms. The molecule has 1 aliphatic carbocycles. The summed E-state index contributed by atoms with van der Waals surface area (Å²) in [5, 5.41) is 0. The molecule has 0 fully saturated rings. The topological polar surface area (TPSA) is 3.24 Å². The van der Waals surface area contributed by atoms with Crippen LogP contribution in [0, 0.1) is 6.92 Å². The van der Waals surface area contributed by atoms with E-state index in [4.69, 9.17) is 0 Å². The number of fused-ring (bicyclic) bond motifs is 2. The normalized spacial score (nSPS) is 14.0. The maximum atomic E-state index is 2.42. The van der Waals surface area contributed by atoms with Crippen molar-refractivity contribution >= 4 is 17.7 Å². The number of rotatable bonds is 5. The van der Waals surface area contributed by atoms with E-state index in [1.807, 2.05) is 0 Å². The highest BCUT2D eigenvalue weighted by molar-refractivity contribution is 5.94. The molecular weight excluding hydrogens is 338 g/mol. The molecule has 4 rings (SSSR count). The number of hydrogen-bond donors (Lipinski definition) is 0. The Balaban J connectivity index is 1.59. The molecule has 0 saturated carbocycles. The monoisotopic (exact) mass is 365 g/mol. The van der Waals surface area contributed by atoms with E-state index in [-0.39, 0.29) is 0 Å². The van der Waals surface area contributed by atoms with Crippen LogP contribution in [0.1, 0.15) is 39.8 Å². The van der Waals surface area contributed by atoms with Crippen LogP contribution in [-0.4, -0.2) is 18.5 Å². The van der Waals surface area contributed by atoms with Crippen LogP contribution < -0.4 is 0 Å². The second-order valence-corrected chi connectivity index (χ2v) is 7.59. The molecule has 0 saturated heterocycles. The van der Waals surface area contributed by atoms with Crippen LogP contribution in [0.5, 0.6) is 0 Å². The first-order valence-corrected chi connectivity index (χ1v) is 10.0. The fourth-order valence-electron chi connectivity index (χ4n) is 3.97. The van der Waals surface area contributed by atoms with Gasteiger partial charge < -0.3 is 4.90 Å². The number of benzene rings is 3. The van der Waals surface area contributed by atoms with E-state index in [9.17, 15) is 0 Å². The molecule has 0 spiro atoms. The molecule has 0 radical (unpaired) electrons. The molecule has 0 heterocycles. The van der Waals surface area contributed by atoms with Crippen LogP contribution in [0.15, 0.2) is 78.9 Å². The predicted octanol–water partition coefficient (Wildman–Crippen LogP) is 6.43. The van der Waals surface area contributed by atoms with Crippen molar-refractivity contribution in [2.24, 2.45) is 0 Å². The van der Waals surface area contributed by atoms with E-state index in [0.717, 1.165) is 19.5 Å². The predicted molar refractivity (Wildman–Crippen MR) is 121 cm³/mol. The van der Waals surface area contributed by atoms with Gasteiger partial charge in [0.2, 0.25) is 0 Å². The third kappa shape index (κ3) is 4.00. The van der Waals surface area contributed by atoms with Gasteiger partial charge in [-0.15, -0.1) is 0 Å². The molecule has 1 aliphatic rings. The first kappa shape index (κ1) is 18.5. The van der Waals surface area contributed by atoms with Crippen LogP contribution in [-0.2, 0) is 6.54 Å². The highest BCUT2D eigenvalue weighted by atomic mass is 15.1. The third-order valence-electron chi connectivity index (χ3n) is 5.45. The van der Waals surface area contributed by atoms with Gasteiger partial charge >= 0.3 is 0 Å². The maximum Gasteiger partial charge on any atom is 0.0230 e. The zero-order chi connectivity index (χ0) is 19.3. The largest absolute Gasteiger partial charge is 0.302 e. The Labute approximate surface area is 168 Å². The second kappa shape index (κ2) is 8.41. The van der Waals surface area contributed by atoms with E-state index >= 15 is 0 Å². The van der Waals surface area contributed by atoms with Crippen molar-refractivity contribution in [3.8, 4) is 0 Å². The Kier molecular flexibility index (Phi) is 5.55. The first-order chi connectivity index (χ1) is 13.7. The lowest BCUT2D eigenvalue weighted by atomic mass is 9.91. The summed E-state index contributed by atoms with van der Waals surface area (Å²) in [6, 6.07) is 26.0. The first-order valence-electron chi connectivity index (χ1n) is 10.0. The molecule has 0 unspecified atom stereocenters. The second-order valence-electron chi connectivity index (χ2n) is 7.59. The van der Waals surface area contributed by atoms with E-state index in [1.54, 1.807) is 0 Å². The van der Waals surface area contributed by atoms with Gasteiger partial charge in [-0.3, -0.25) is 0 Å². The SMILES string of the molecule is Cc1cccc2c1C=Cc1ccccc1C2=CCCN(C)Cc1ccccc1. The third-order valence-corrected chi connectivity index (χ3v) is 5.45. The Bertz CT molecular complexity index is 1010. The van der Waals surface area contributed by atoms with E-state index in [1.165, 1.54) is 39.0 Å². The summed E-state index contributed by atoms with van der Waals surface area (Å²) in [6.07, 6.45) is 7.97. The Morgan fingerprint density at radius 3 is 2.39 bits per heavy atom. The minimum atomic E-state index is 0.984. The lowest BCUT2D eigenvalue weighted by molar-refractivity contribution is 0.334. The van der Waals surface area contributed by atoms with Gasteiger partial charge in [0.25, 0.3) is 0 Å². The number of nitrogens with zero attached hydrogens (tertiary/aromatic N) is 1. The summed E-state index contributed by atoms with van der Waals surface area (Å²) in [4.78, 5) is 2.39. The number of aryl methyl sites for hydroxylation is 1. The molecule has 0 amide bonds. The molecule has 1 heteroatoms. The van der Waals surface area contributed by atoms with Crippen LogP contribution in [0.2, 0.25) is 0 Å². The average Bonchev–Trinajstić information content (AvgIpc) is 2.87. The van der Waals surface area contributed by atoms with Crippen LogP contribution in [0.3, 0.4) is 0 Å². The minimum Gasteiger partial charge on any atom is -0.302 e. The van der Waals surface area contributed by atoms with Gasteiger partial charge in [0.15, 0.2) is 0 Å². The van der Waals surface area contributed by atoms with Gasteiger partial charge in [0.05, 0.1) is 0 Å². The van der Waals surface area contributed by atoms with Gasteiger partial charge in [-0.05, 0) is 59.3 Å². The fraction of sp³-hybridized carbons (Fsp3) is 0.185. The Morgan fingerprint density at radius 2 is 1.54 bits per heavy atom. The summed E-state index contributed by atoms with van der Waals surface area (Å²) >= 11 is 0. The molecule has 140 valence electrons. The van der Waals surface area contributed by atoms with Gasteiger partial charge in [0, 0.05) is 13.1 Å². The van der Waals surface area contributed by atoms with E-state index < -0.39 is 0 Å². The van der Waals surface area contributed by atoms with Crippen LogP contribution in [0.4, 0.5) is 0 Å². The van der Waals surface area contributed by atoms with Crippen molar-refractivity contribution in [2.75, 3.05) is 13.6 Å². The average molecular weight is 366 g/mol. The molecule has 0 N–H and O–H groups in total. The fourth-order valence-corrected chi connectivity index (χ4v) is 3.97. The van der Waals surface area contributed by atoms with Crippen molar-refractivity contribution in [1.82, 2.24) is 4.90 Å². The lowest BCUT2D eigenvalue weighted by Crippen LogP contribution is -2.18. The van der Waals surface area contributed by atoms with Crippen LogP contribution in [0.25, 0.3) is 17.7 Å². The molecule has 0 aliphatic heterocycles. The Hall–Kier alpha value is -2.90. The molecule has 1 nitrogen and oxygen atoms in total. The summed E-state index contributed by atoms with van der Waals surface area (Å²) in [7, 11) is 2.20. The van der Waals surface area contributed by atoms with Crippen molar-refractivity contribution in [3.05, 3.63) is 112 Å². The summed E-state index contributed by atoms with van der Waals surface area (Å²) < 4.78 is 0. The zero-order valence-corrected chi connectivity index (χ0v) is 16.7. The molecule has 3 aromatic carbocycles. The van der Waals surface area contributed by atoms with Crippen molar-refractivity contribution in [2.45, 2.75) is 19.9 Å². The number of hydrogen-bond acceptors (Lipinski definition) is 1. The summed E-state index contributed by atoms with van der Waals surface area (Å²) in [5.74, 6) is 0. The van der Waals surface area contributed by atoms with Crippen molar-refractivity contribution in [3.63, 3.8) is 0 Å². The van der Waals surface area contributed by atoms with Gasteiger partial charge in [-0.25, -0.2) is 0 Å². The molecule has 0 aromatic heterocycles. The smallest absolute Gasteiger partial charge is 0.0230 e. The Morgan fingerprint density at radius 1 is 0.786 bits per heavy atom. The summed E-state index contributed by atoms with van der Waals surface area (Å²) in [5.41, 5.74) is 9.34. The molecule has 28 heavy (non-hydrogen) atoms. The minimum absolute atomic E-state index is 0.984. The van der Waals surface area contributed by atoms with Gasteiger partial charge in [-0.2, -0.15) is 0 Å². The van der Waals surface area contributed by atoms with E-state index in [2.05, 4.69) is 110 Å². The standard InChI is InChI=1S/C27H27N/c1-21-10-8-15-26-24(21)18-17-23-13-6-7-14-25(23)27(26)16-9-19-28(2)20-22-11-4-3-5-12-22/h3-8,10-18H,9,19-20H2,1-2H3. The van der Waals surface area contributed by atoms with Crippen LogP contribution >= 0.6 is 0 Å². The lowest BCUT2D eigenvalue weighted by Gasteiger charge is -2.17. The highest BCUT2D eigenvalue weighted by Gasteiger charge is 2.15. The zero-order valence-electron chi connectivity index (χ0n) is 16.7. The van der Waals surface area contributed by atoms with Gasteiger partial charge in [0.1, 0.15) is 0 Å². The maximum absolute atomic E-state index is 2.42. The van der Waals surface area contributed by atoms with Crippen molar-refractivity contribution in [1.29, 1.82) is 0 Å². The summed E-state index contributed by atoms with van der Waals surface area (Å²) in [6.45, 7) is 4.22. The molecule has 0 atom stereocenters. The van der Waals surface area contributed by atoms with Gasteiger partial charge in [-0.1, -0.05) is 91.0 Å².